The van der Waals surface area contributed by atoms with Crippen molar-refractivity contribution in [3.63, 3.8) is 0 Å². The highest BCUT2D eigenvalue weighted by Gasteiger charge is 2.45. The van der Waals surface area contributed by atoms with Gasteiger partial charge in [-0.1, -0.05) is 60.7 Å². The van der Waals surface area contributed by atoms with Crippen LogP contribution >= 0.6 is 0 Å². The van der Waals surface area contributed by atoms with E-state index >= 15 is 0 Å². The zero-order valence-corrected chi connectivity index (χ0v) is 13.3. The molecule has 1 atom stereocenters. The molecule has 0 unspecified atom stereocenters. The third-order valence-electron chi connectivity index (χ3n) is 4.88. The van der Waals surface area contributed by atoms with Gasteiger partial charge < -0.3 is 4.90 Å². The van der Waals surface area contributed by atoms with Gasteiger partial charge in [0.1, 0.15) is 5.41 Å². The molecule has 1 heterocycles. The second-order valence-electron chi connectivity index (χ2n) is 6.10. The average Bonchev–Trinajstić information content (AvgIpc) is 3.09. The fourth-order valence-corrected chi connectivity index (χ4v) is 3.66. The van der Waals surface area contributed by atoms with Gasteiger partial charge >= 0.3 is 0 Å². The number of hydrogen-bond donors (Lipinski definition) is 0. The molecule has 0 radical (unpaired) electrons. The van der Waals surface area contributed by atoms with E-state index in [1.807, 2.05) is 65.6 Å². The number of amides is 1. The summed E-state index contributed by atoms with van der Waals surface area (Å²) < 4.78 is 0. The predicted molar refractivity (Wildman–Crippen MR) is 89.6 cm³/mol. The molecule has 0 saturated carbocycles. The number of benzene rings is 2. The summed E-state index contributed by atoms with van der Waals surface area (Å²) in [5.74, 6) is 0.182. The molecule has 0 aromatic heterocycles. The molecule has 3 rings (SSSR count). The van der Waals surface area contributed by atoms with Crippen LogP contribution in [0.15, 0.2) is 60.7 Å². The number of carbonyl (C=O) groups excluding carboxylic acids is 1. The Hall–Kier alpha value is -2.60. The molecule has 1 saturated heterocycles. The van der Waals surface area contributed by atoms with Gasteiger partial charge in [-0.25, -0.2) is 0 Å². The molecular formula is C20H20N2O. The Morgan fingerprint density at radius 3 is 2.00 bits per heavy atom. The average molecular weight is 304 g/mol. The monoisotopic (exact) mass is 304 g/mol. The third kappa shape index (κ3) is 2.61. The van der Waals surface area contributed by atoms with E-state index in [1.165, 1.54) is 0 Å². The van der Waals surface area contributed by atoms with Crippen LogP contribution in [0.5, 0.6) is 0 Å². The van der Waals surface area contributed by atoms with Crippen LogP contribution in [0.4, 0.5) is 0 Å². The van der Waals surface area contributed by atoms with E-state index in [0.717, 1.165) is 24.1 Å². The van der Waals surface area contributed by atoms with Gasteiger partial charge in [0, 0.05) is 25.9 Å². The highest BCUT2D eigenvalue weighted by molar-refractivity contribution is 5.73. The Kier molecular flexibility index (Phi) is 4.16. The molecule has 0 N–H and O–H groups in total. The van der Waals surface area contributed by atoms with Gasteiger partial charge in [0.25, 0.3) is 0 Å². The van der Waals surface area contributed by atoms with E-state index in [1.54, 1.807) is 6.92 Å². The summed E-state index contributed by atoms with van der Waals surface area (Å²) in [6, 6.07) is 22.5. The van der Waals surface area contributed by atoms with Crippen molar-refractivity contribution >= 4 is 5.91 Å². The quantitative estimate of drug-likeness (QED) is 0.872. The van der Waals surface area contributed by atoms with Crippen LogP contribution in [0.2, 0.25) is 0 Å². The normalized spacial score (nSPS) is 17.7. The number of hydrogen-bond acceptors (Lipinski definition) is 2. The van der Waals surface area contributed by atoms with Crippen LogP contribution in [0.1, 0.15) is 24.5 Å². The Bertz CT molecular complexity index is 679. The predicted octanol–water partition coefficient (Wildman–Crippen LogP) is 3.36. The molecule has 0 aliphatic carbocycles. The van der Waals surface area contributed by atoms with Gasteiger partial charge in [-0.15, -0.1) is 0 Å². The van der Waals surface area contributed by atoms with Crippen molar-refractivity contribution in [2.24, 2.45) is 5.92 Å². The first kappa shape index (κ1) is 15.3. The van der Waals surface area contributed by atoms with Gasteiger partial charge in [0.05, 0.1) is 6.07 Å². The van der Waals surface area contributed by atoms with Gasteiger partial charge in [0.2, 0.25) is 5.91 Å². The summed E-state index contributed by atoms with van der Waals surface area (Å²) >= 11 is 0. The molecule has 1 fully saturated rings. The van der Waals surface area contributed by atoms with Gasteiger partial charge in [-0.05, 0) is 17.5 Å². The van der Waals surface area contributed by atoms with E-state index in [4.69, 9.17) is 0 Å². The van der Waals surface area contributed by atoms with Crippen molar-refractivity contribution in [2.45, 2.75) is 18.8 Å². The van der Waals surface area contributed by atoms with Crippen LogP contribution < -0.4 is 0 Å². The van der Waals surface area contributed by atoms with E-state index in [9.17, 15) is 10.1 Å². The van der Waals surface area contributed by atoms with Crippen LogP contribution in [-0.4, -0.2) is 23.9 Å². The minimum Gasteiger partial charge on any atom is -0.343 e. The van der Waals surface area contributed by atoms with E-state index in [0.29, 0.717) is 6.54 Å². The zero-order valence-electron chi connectivity index (χ0n) is 13.3. The third-order valence-corrected chi connectivity index (χ3v) is 4.88. The molecule has 23 heavy (non-hydrogen) atoms. The summed E-state index contributed by atoms with van der Waals surface area (Å²) in [6.45, 7) is 2.96. The van der Waals surface area contributed by atoms with E-state index < -0.39 is 5.41 Å². The number of nitriles is 1. The first-order chi connectivity index (χ1) is 11.2. The molecule has 1 amide bonds. The molecule has 0 spiro atoms. The Morgan fingerprint density at radius 1 is 1.09 bits per heavy atom. The van der Waals surface area contributed by atoms with Crippen LogP contribution in [0.25, 0.3) is 0 Å². The first-order valence-corrected chi connectivity index (χ1v) is 7.96. The highest BCUT2D eigenvalue weighted by Crippen LogP contribution is 2.43. The summed E-state index contributed by atoms with van der Waals surface area (Å²) in [6.07, 6.45) is 0.844. The van der Waals surface area contributed by atoms with Crippen LogP contribution in [0.3, 0.4) is 0 Å². The maximum atomic E-state index is 11.7. The number of nitrogens with zero attached hydrogens (tertiary/aromatic N) is 2. The summed E-state index contributed by atoms with van der Waals surface area (Å²) in [4.78, 5) is 13.6. The molecule has 0 bridgehead atoms. The van der Waals surface area contributed by atoms with Crippen molar-refractivity contribution < 1.29 is 4.79 Å². The standard InChI is InChI=1S/C20H20N2O/c1-16(23)22-13-12-19(14-22)20(15-21,17-8-4-2-5-9-17)18-10-6-3-7-11-18/h2-11,19H,12-14H2,1H3/t19-/m1/s1. The highest BCUT2D eigenvalue weighted by atomic mass is 16.2. The lowest BCUT2D eigenvalue weighted by molar-refractivity contribution is -0.127. The zero-order chi connectivity index (χ0) is 16.3. The molecule has 1 aliphatic heterocycles. The van der Waals surface area contributed by atoms with Crippen molar-refractivity contribution in [1.29, 1.82) is 5.26 Å². The fourth-order valence-electron chi connectivity index (χ4n) is 3.66. The molecule has 2 aromatic carbocycles. The largest absolute Gasteiger partial charge is 0.343 e. The van der Waals surface area contributed by atoms with Crippen molar-refractivity contribution in [3.8, 4) is 6.07 Å². The van der Waals surface area contributed by atoms with Crippen LogP contribution in [-0.2, 0) is 10.2 Å². The summed E-state index contributed by atoms with van der Waals surface area (Å²) in [5.41, 5.74) is 1.29. The van der Waals surface area contributed by atoms with Gasteiger partial charge in [-0.3, -0.25) is 4.79 Å². The van der Waals surface area contributed by atoms with E-state index in [-0.39, 0.29) is 11.8 Å². The minimum atomic E-state index is -0.716. The molecule has 1 aliphatic rings. The first-order valence-electron chi connectivity index (χ1n) is 7.96. The smallest absolute Gasteiger partial charge is 0.219 e. The number of rotatable bonds is 3. The molecule has 3 nitrogen and oxygen atoms in total. The van der Waals surface area contributed by atoms with Crippen molar-refractivity contribution in [2.75, 3.05) is 13.1 Å². The lowest BCUT2D eigenvalue weighted by Gasteiger charge is -2.34. The van der Waals surface area contributed by atoms with Crippen molar-refractivity contribution in [1.82, 2.24) is 4.90 Å². The molecule has 3 heteroatoms. The van der Waals surface area contributed by atoms with Crippen molar-refractivity contribution in [3.05, 3.63) is 71.8 Å². The lowest BCUT2D eigenvalue weighted by atomic mass is 9.66. The Balaban J connectivity index is 2.11. The van der Waals surface area contributed by atoms with Gasteiger partial charge in [0.15, 0.2) is 0 Å². The maximum absolute atomic E-state index is 11.7. The lowest BCUT2D eigenvalue weighted by Crippen LogP contribution is -2.38. The Morgan fingerprint density at radius 2 is 1.61 bits per heavy atom. The Labute approximate surface area is 137 Å². The summed E-state index contributed by atoms with van der Waals surface area (Å²) in [7, 11) is 0. The second-order valence-corrected chi connectivity index (χ2v) is 6.10. The maximum Gasteiger partial charge on any atom is 0.219 e. The van der Waals surface area contributed by atoms with E-state index in [2.05, 4.69) is 6.07 Å². The fraction of sp³-hybridized carbons (Fsp3) is 0.300. The molecule has 2 aromatic rings. The summed E-state index contributed by atoms with van der Waals surface area (Å²) in [5, 5.41) is 10.2. The minimum absolute atomic E-state index is 0.0838. The SMILES string of the molecule is CC(=O)N1CC[C@@H](C(C#N)(c2ccccc2)c2ccccc2)C1. The second kappa shape index (κ2) is 6.26. The molecule has 116 valence electrons. The number of carbonyl (C=O) groups is 1. The topological polar surface area (TPSA) is 44.1 Å². The van der Waals surface area contributed by atoms with Gasteiger partial charge in [-0.2, -0.15) is 5.26 Å². The van der Waals surface area contributed by atoms with Crippen LogP contribution in [0, 0.1) is 17.2 Å². The molecular weight excluding hydrogens is 284 g/mol. The number of likely N-dealkylation sites (tertiary alicyclic amines) is 1.